The molecule has 2 heterocycles. The number of morpholine rings is 1. The van der Waals surface area contributed by atoms with Gasteiger partial charge in [0.25, 0.3) is 5.91 Å². The molecule has 2 atom stereocenters. The smallest absolute Gasteiger partial charge is 0.257 e. The fraction of sp³-hybridized carbons (Fsp3) is 0.333. The lowest BCUT2D eigenvalue weighted by Gasteiger charge is -2.40. The van der Waals surface area contributed by atoms with E-state index in [-0.39, 0.29) is 18.6 Å². The first-order valence-electron chi connectivity index (χ1n) is 6.88. The average Bonchev–Trinajstić information content (AvgIpc) is 3.08. The number of carbonyl (C=O) groups excluding carboxylic acids is 1. The van der Waals surface area contributed by atoms with Gasteiger partial charge in [-0.1, -0.05) is 30.3 Å². The molecule has 1 amide bonds. The highest BCUT2D eigenvalue weighted by Crippen LogP contribution is 2.30. The van der Waals surface area contributed by atoms with Crippen LogP contribution in [0.5, 0.6) is 0 Å². The highest BCUT2D eigenvalue weighted by molar-refractivity contribution is 5.94. The van der Waals surface area contributed by atoms with E-state index in [1.807, 2.05) is 30.3 Å². The second-order valence-corrected chi connectivity index (χ2v) is 4.93. The molecule has 0 spiro atoms. The van der Waals surface area contributed by atoms with Gasteiger partial charge in [0.1, 0.15) is 6.10 Å². The Labute approximate surface area is 122 Å². The Morgan fingerprint density at radius 3 is 2.90 bits per heavy atom. The van der Waals surface area contributed by atoms with E-state index in [4.69, 9.17) is 4.74 Å². The number of benzene rings is 1. The number of aromatic amines is 1. The van der Waals surface area contributed by atoms with Crippen LogP contribution in [0.4, 0.5) is 0 Å². The van der Waals surface area contributed by atoms with Crippen molar-refractivity contribution in [3.63, 3.8) is 0 Å². The van der Waals surface area contributed by atoms with E-state index >= 15 is 0 Å². The first kappa shape index (κ1) is 13.8. The molecule has 0 unspecified atom stereocenters. The zero-order chi connectivity index (χ0) is 14.7. The molecule has 0 saturated carbocycles. The number of rotatable bonds is 3. The summed E-state index contributed by atoms with van der Waals surface area (Å²) in [5.41, 5.74) is 1.46. The molecule has 1 aliphatic heterocycles. The summed E-state index contributed by atoms with van der Waals surface area (Å²) in [6, 6.07) is 9.34. The van der Waals surface area contributed by atoms with Gasteiger partial charge >= 0.3 is 0 Å². The molecule has 1 aliphatic rings. The minimum atomic E-state index is -0.419. The van der Waals surface area contributed by atoms with Crippen LogP contribution in [0.25, 0.3) is 0 Å². The Bertz CT molecular complexity index is 585. The molecule has 1 saturated heterocycles. The first-order valence-corrected chi connectivity index (χ1v) is 6.88. The predicted octanol–water partition coefficient (Wildman–Crippen LogP) is 0.984. The highest BCUT2D eigenvalue weighted by Gasteiger charge is 2.36. The number of ether oxygens (including phenoxy) is 1. The Balaban J connectivity index is 1.94. The van der Waals surface area contributed by atoms with Crippen molar-refractivity contribution in [2.75, 3.05) is 19.8 Å². The van der Waals surface area contributed by atoms with Gasteiger partial charge in [-0.3, -0.25) is 9.89 Å². The molecule has 1 aromatic heterocycles. The summed E-state index contributed by atoms with van der Waals surface area (Å²) in [6.45, 7) is 0.771. The second-order valence-electron chi connectivity index (χ2n) is 4.93. The fourth-order valence-corrected chi connectivity index (χ4v) is 2.69. The van der Waals surface area contributed by atoms with Gasteiger partial charge in [-0.2, -0.15) is 5.10 Å². The summed E-state index contributed by atoms with van der Waals surface area (Å²) < 4.78 is 5.62. The summed E-state index contributed by atoms with van der Waals surface area (Å²) in [5.74, 6) is -0.112. The average molecular weight is 287 g/mol. The number of aliphatic hydroxyl groups excluding tert-OH is 1. The van der Waals surface area contributed by atoms with E-state index in [2.05, 4.69) is 10.2 Å². The van der Waals surface area contributed by atoms with Crippen LogP contribution in [-0.2, 0) is 4.74 Å². The molecular formula is C15H17N3O3. The van der Waals surface area contributed by atoms with Gasteiger partial charge in [0.15, 0.2) is 0 Å². The molecule has 0 aliphatic carbocycles. The maximum absolute atomic E-state index is 12.6. The van der Waals surface area contributed by atoms with Crippen LogP contribution in [0, 0.1) is 0 Å². The van der Waals surface area contributed by atoms with Crippen molar-refractivity contribution < 1.29 is 14.6 Å². The summed E-state index contributed by atoms with van der Waals surface area (Å²) in [6.07, 6.45) is 2.67. The number of carbonyl (C=O) groups is 1. The zero-order valence-corrected chi connectivity index (χ0v) is 11.5. The molecule has 2 N–H and O–H groups in total. The van der Waals surface area contributed by atoms with Gasteiger partial charge in [-0.15, -0.1) is 0 Å². The number of aromatic nitrogens is 2. The van der Waals surface area contributed by atoms with Gasteiger partial charge in [-0.25, -0.2) is 0 Å². The summed E-state index contributed by atoms with van der Waals surface area (Å²) in [4.78, 5) is 14.4. The van der Waals surface area contributed by atoms with E-state index in [9.17, 15) is 9.90 Å². The van der Waals surface area contributed by atoms with Crippen molar-refractivity contribution in [1.29, 1.82) is 0 Å². The summed E-state index contributed by atoms with van der Waals surface area (Å²) >= 11 is 0. The lowest BCUT2D eigenvalue weighted by atomic mass is 9.98. The molecule has 1 fully saturated rings. The van der Waals surface area contributed by atoms with Gasteiger partial charge in [0.05, 0.1) is 31.0 Å². The second kappa shape index (κ2) is 6.07. The maximum atomic E-state index is 12.6. The molecule has 6 heteroatoms. The van der Waals surface area contributed by atoms with Crippen molar-refractivity contribution in [1.82, 2.24) is 15.1 Å². The monoisotopic (exact) mass is 287 g/mol. The Morgan fingerprint density at radius 1 is 1.43 bits per heavy atom. The van der Waals surface area contributed by atoms with Crippen molar-refractivity contribution >= 4 is 5.91 Å². The predicted molar refractivity (Wildman–Crippen MR) is 75.6 cm³/mol. The standard InChI is InChI=1S/C15H17N3O3/c19-10-13-14(11-4-2-1-3-5-11)18(6-7-21-13)15(20)12-8-16-17-9-12/h1-5,8-9,13-14,19H,6-7,10H2,(H,16,17)/t13-,14-/m0/s1. The Morgan fingerprint density at radius 2 is 2.24 bits per heavy atom. The van der Waals surface area contributed by atoms with Crippen LogP contribution in [0.3, 0.4) is 0 Å². The van der Waals surface area contributed by atoms with Gasteiger partial charge in [0.2, 0.25) is 0 Å². The molecule has 2 aromatic rings. The number of nitrogens with one attached hydrogen (secondary N) is 1. The lowest BCUT2D eigenvalue weighted by Crippen LogP contribution is -2.49. The molecular weight excluding hydrogens is 270 g/mol. The van der Waals surface area contributed by atoms with Crippen LogP contribution in [0.2, 0.25) is 0 Å². The van der Waals surface area contributed by atoms with Crippen LogP contribution < -0.4 is 0 Å². The minimum Gasteiger partial charge on any atom is -0.394 e. The first-order chi connectivity index (χ1) is 10.3. The number of aliphatic hydroxyl groups is 1. The number of nitrogens with zero attached hydrogens (tertiary/aromatic N) is 2. The highest BCUT2D eigenvalue weighted by atomic mass is 16.5. The van der Waals surface area contributed by atoms with Gasteiger partial charge in [-0.05, 0) is 5.56 Å². The van der Waals surface area contributed by atoms with E-state index in [1.165, 1.54) is 6.20 Å². The van der Waals surface area contributed by atoms with Crippen molar-refractivity contribution in [3.8, 4) is 0 Å². The summed E-state index contributed by atoms with van der Waals surface area (Å²) in [7, 11) is 0. The lowest BCUT2D eigenvalue weighted by molar-refractivity contribution is -0.0811. The molecule has 3 rings (SSSR count). The quantitative estimate of drug-likeness (QED) is 0.882. The third kappa shape index (κ3) is 2.68. The third-order valence-corrected chi connectivity index (χ3v) is 3.68. The minimum absolute atomic E-state index is 0.112. The number of amides is 1. The molecule has 0 bridgehead atoms. The van der Waals surface area contributed by atoms with Crippen molar-refractivity contribution in [3.05, 3.63) is 53.9 Å². The normalized spacial score (nSPS) is 22.2. The van der Waals surface area contributed by atoms with E-state index in [1.54, 1.807) is 11.1 Å². The van der Waals surface area contributed by atoms with Gasteiger partial charge in [0, 0.05) is 12.7 Å². The van der Waals surface area contributed by atoms with Crippen LogP contribution in [0.15, 0.2) is 42.7 Å². The third-order valence-electron chi connectivity index (χ3n) is 3.68. The molecule has 1 aromatic carbocycles. The van der Waals surface area contributed by atoms with Crippen molar-refractivity contribution in [2.24, 2.45) is 0 Å². The zero-order valence-electron chi connectivity index (χ0n) is 11.5. The van der Waals surface area contributed by atoms with Crippen LogP contribution in [0.1, 0.15) is 22.0 Å². The van der Waals surface area contributed by atoms with Crippen LogP contribution in [-0.4, -0.2) is 52.0 Å². The SMILES string of the molecule is O=C(c1cn[nH]c1)N1CCO[C@@H](CO)[C@@H]1c1ccccc1. The van der Waals surface area contributed by atoms with Crippen LogP contribution >= 0.6 is 0 Å². The maximum Gasteiger partial charge on any atom is 0.257 e. The largest absolute Gasteiger partial charge is 0.394 e. The topological polar surface area (TPSA) is 78.5 Å². The van der Waals surface area contributed by atoms with E-state index in [0.29, 0.717) is 18.7 Å². The number of hydrogen-bond donors (Lipinski definition) is 2. The fourth-order valence-electron chi connectivity index (χ4n) is 2.69. The molecule has 110 valence electrons. The van der Waals surface area contributed by atoms with E-state index < -0.39 is 6.10 Å². The molecule has 0 radical (unpaired) electrons. The Kier molecular flexibility index (Phi) is 3.98. The molecule has 21 heavy (non-hydrogen) atoms. The van der Waals surface area contributed by atoms with Gasteiger partial charge < -0.3 is 14.7 Å². The summed E-state index contributed by atoms with van der Waals surface area (Å²) in [5, 5.41) is 16.0. The number of H-pyrrole nitrogens is 1. The van der Waals surface area contributed by atoms with Crippen molar-refractivity contribution in [2.45, 2.75) is 12.1 Å². The molecule has 6 nitrogen and oxygen atoms in total. The Hall–Kier alpha value is -2.18. The van der Waals surface area contributed by atoms with E-state index in [0.717, 1.165) is 5.56 Å². The number of hydrogen-bond acceptors (Lipinski definition) is 4.